The maximum absolute atomic E-state index is 12.3. The summed E-state index contributed by atoms with van der Waals surface area (Å²) in [6.07, 6.45) is -0.952. The molecule has 2 N–H and O–H groups in total. The molecule has 2 saturated heterocycles. The number of piperazine rings is 1. The first-order valence-electron chi connectivity index (χ1n) is 8.72. The fraction of sp³-hybridized carbons (Fsp3) is 0.611. The summed E-state index contributed by atoms with van der Waals surface area (Å²) >= 11 is 0. The molecule has 25 heavy (non-hydrogen) atoms. The molecule has 2 aliphatic heterocycles. The number of rotatable bonds is 5. The molecule has 2 fully saturated rings. The van der Waals surface area contributed by atoms with Gasteiger partial charge < -0.3 is 24.8 Å². The second-order valence-electron chi connectivity index (χ2n) is 6.77. The lowest BCUT2D eigenvalue weighted by Crippen LogP contribution is -2.50. The van der Waals surface area contributed by atoms with Gasteiger partial charge in [-0.1, -0.05) is 0 Å². The van der Waals surface area contributed by atoms with Crippen molar-refractivity contribution in [1.29, 1.82) is 0 Å². The number of carbonyl (C=O) groups is 1. The molecule has 0 spiro atoms. The van der Waals surface area contributed by atoms with E-state index in [1.54, 1.807) is 31.4 Å². The van der Waals surface area contributed by atoms with Crippen molar-refractivity contribution in [1.82, 2.24) is 15.1 Å². The van der Waals surface area contributed by atoms with Crippen LogP contribution in [0.4, 0.5) is 0 Å². The van der Waals surface area contributed by atoms with E-state index in [9.17, 15) is 9.90 Å². The number of ether oxygens (including phenoxy) is 2. The molecule has 3 rings (SSSR count). The minimum Gasteiger partial charge on any atom is -0.497 e. The number of aliphatic hydroxyl groups is 1. The van der Waals surface area contributed by atoms with Gasteiger partial charge in [-0.25, -0.2) is 0 Å². The number of likely N-dealkylation sites (N-methyl/N-ethyl adjacent to an activating group) is 1. The largest absolute Gasteiger partial charge is 0.497 e. The van der Waals surface area contributed by atoms with Crippen LogP contribution in [0.5, 0.6) is 5.75 Å². The van der Waals surface area contributed by atoms with Crippen molar-refractivity contribution < 1.29 is 19.4 Å². The van der Waals surface area contributed by atoms with Gasteiger partial charge in [0, 0.05) is 38.3 Å². The molecule has 7 heteroatoms. The van der Waals surface area contributed by atoms with Crippen molar-refractivity contribution in [2.45, 2.75) is 18.2 Å². The van der Waals surface area contributed by atoms with E-state index in [1.165, 1.54) is 0 Å². The molecule has 2 aliphatic rings. The van der Waals surface area contributed by atoms with Crippen LogP contribution in [-0.4, -0.2) is 92.6 Å². The lowest BCUT2D eigenvalue weighted by atomic mass is 10.1. The van der Waals surface area contributed by atoms with Gasteiger partial charge in [0.15, 0.2) is 0 Å². The average Bonchev–Trinajstić information content (AvgIpc) is 2.97. The number of carbonyl (C=O) groups excluding carboxylic acids is 1. The molecule has 1 aromatic carbocycles. The topological polar surface area (TPSA) is 74.3 Å². The van der Waals surface area contributed by atoms with Crippen molar-refractivity contribution in [2.24, 2.45) is 0 Å². The Morgan fingerprint density at radius 2 is 1.96 bits per heavy atom. The Balaban J connectivity index is 1.51. The van der Waals surface area contributed by atoms with Crippen molar-refractivity contribution >= 4 is 5.91 Å². The van der Waals surface area contributed by atoms with Crippen LogP contribution in [0.1, 0.15) is 10.4 Å². The number of aliphatic hydroxyl groups excluding tert-OH is 1. The molecular formula is C18H27N3O4. The summed E-state index contributed by atoms with van der Waals surface area (Å²) in [6, 6.07) is 6.52. The zero-order valence-corrected chi connectivity index (χ0v) is 14.9. The summed E-state index contributed by atoms with van der Waals surface area (Å²) in [5, 5.41) is 13.4. The summed E-state index contributed by atoms with van der Waals surface area (Å²) < 4.78 is 10.8. The zero-order chi connectivity index (χ0) is 17.8. The predicted molar refractivity (Wildman–Crippen MR) is 93.9 cm³/mol. The molecule has 7 nitrogen and oxygen atoms in total. The van der Waals surface area contributed by atoms with Crippen LogP contribution in [0, 0.1) is 0 Å². The van der Waals surface area contributed by atoms with Gasteiger partial charge in [0.25, 0.3) is 5.91 Å². The molecule has 1 aromatic rings. The molecule has 1 amide bonds. The van der Waals surface area contributed by atoms with Gasteiger partial charge in [0.05, 0.1) is 25.9 Å². The Kier molecular flexibility index (Phi) is 5.90. The Hall–Kier alpha value is -1.67. The molecule has 0 bridgehead atoms. The van der Waals surface area contributed by atoms with E-state index < -0.39 is 6.10 Å². The Labute approximate surface area is 148 Å². The van der Waals surface area contributed by atoms with Crippen LogP contribution < -0.4 is 10.1 Å². The number of nitrogens with zero attached hydrogens (tertiary/aromatic N) is 2. The third kappa shape index (κ3) is 4.49. The first-order chi connectivity index (χ1) is 12.1. The Morgan fingerprint density at radius 1 is 1.28 bits per heavy atom. The fourth-order valence-corrected chi connectivity index (χ4v) is 3.25. The number of hydrogen-bond acceptors (Lipinski definition) is 6. The Morgan fingerprint density at radius 3 is 2.60 bits per heavy atom. The minimum absolute atomic E-state index is 0.212. The highest BCUT2D eigenvalue weighted by molar-refractivity contribution is 5.94. The van der Waals surface area contributed by atoms with E-state index in [0.29, 0.717) is 24.5 Å². The van der Waals surface area contributed by atoms with Gasteiger partial charge >= 0.3 is 0 Å². The molecule has 138 valence electrons. The quantitative estimate of drug-likeness (QED) is 0.767. The van der Waals surface area contributed by atoms with Crippen molar-refractivity contribution in [3.05, 3.63) is 29.8 Å². The second kappa shape index (κ2) is 8.14. The number of hydrogen-bond donors (Lipinski definition) is 2. The number of amides is 1. The van der Waals surface area contributed by atoms with Crippen molar-refractivity contribution in [3.63, 3.8) is 0 Å². The second-order valence-corrected chi connectivity index (χ2v) is 6.77. The molecule has 0 aliphatic carbocycles. The SMILES string of the molecule is COc1ccc(C(=O)NC2COC(CN3CCN(C)CC3)C2O)cc1. The standard InChI is InChI=1S/C18H27N3O4/c1-20-7-9-21(10-8-20)11-16-17(22)15(12-25-16)19-18(23)13-3-5-14(24-2)6-4-13/h3-6,15-17,22H,7-12H2,1-2H3,(H,19,23). The lowest BCUT2D eigenvalue weighted by Gasteiger charge is -2.34. The first-order valence-corrected chi connectivity index (χ1v) is 8.72. The van der Waals surface area contributed by atoms with Gasteiger partial charge in [-0.15, -0.1) is 0 Å². The molecular weight excluding hydrogens is 322 g/mol. The van der Waals surface area contributed by atoms with Crippen molar-refractivity contribution in [3.8, 4) is 5.75 Å². The van der Waals surface area contributed by atoms with Crippen LogP contribution >= 0.6 is 0 Å². The van der Waals surface area contributed by atoms with E-state index in [0.717, 1.165) is 26.2 Å². The first kappa shape index (κ1) is 18.1. The summed E-state index contributed by atoms with van der Waals surface area (Å²) in [5.74, 6) is 0.489. The maximum Gasteiger partial charge on any atom is 0.251 e. The summed E-state index contributed by atoms with van der Waals surface area (Å²) in [4.78, 5) is 16.9. The Bertz CT molecular complexity index is 572. The number of nitrogens with one attached hydrogen (secondary N) is 1. The molecule has 0 radical (unpaired) electrons. The van der Waals surface area contributed by atoms with Gasteiger partial charge in [-0.05, 0) is 31.3 Å². The highest BCUT2D eigenvalue weighted by Gasteiger charge is 2.38. The van der Waals surface area contributed by atoms with Crippen molar-refractivity contribution in [2.75, 3.05) is 53.5 Å². The average molecular weight is 349 g/mol. The van der Waals surface area contributed by atoms with E-state index in [2.05, 4.69) is 22.2 Å². The predicted octanol–water partition coefficient (Wildman–Crippen LogP) is -0.199. The lowest BCUT2D eigenvalue weighted by molar-refractivity contribution is 0.00606. The molecule has 2 heterocycles. The number of benzene rings is 1. The van der Waals surface area contributed by atoms with Crippen LogP contribution in [0.15, 0.2) is 24.3 Å². The van der Waals surface area contributed by atoms with Crippen LogP contribution in [0.3, 0.4) is 0 Å². The zero-order valence-electron chi connectivity index (χ0n) is 14.9. The third-order valence-electron chi connectivity index (χ3n) is 4.99. The summed E-state index contributed by atoms with van der Waals surface area (Å²) in [7, 11) is 3.70. The molecule has 3 atom stereocenters. The van der Waals surface area contributed by atoms with Crippen LogP contribution in [0.25, 0.3) is 0 Å². The molecule has 3 unspecified atom stereocenters. The summed E-state index contributed by atoms with van der Waals surface area (Å²) in [5.41, 5.74) is 0.538. The van der Waals surface area contributed by atoms with Gasteiger partial charge in [-0.3, -0.25) is 9.69 Å². The monoisotopic (exact) mass is 349 g/mol. The van der Waals surface area contributed by atoms with E-state index in [1.807, 2.05) is 0 Å². The fourth-order valence-electron chi connectivity index (χ4n) is 3.25. The third-order valence-corrected chi connectivity index (χ3v) is 4.99. The molecule has 0 aromatic heterocycles. The smallest absolute Gasteiger partial charge is 0.251 e. The number of methoxy groups -OCH3 is 1. The summed E-state index contributed by atoms with van der Waals surface area (Å²) in [6.45, 7) is 5.05. The van der Waals surface area contributed by atoms with Gasteiger partial charge in [0.2, 0.25) is 0 Å². The maximum atomic E-state index is 12.3. The van der Waals surface area contributed by atoms with E-state index in [4.69, 9.17) is 9.47 Å². The van der Waals surface area contributed by atoms with E-state index >= 15 is 0 Å². The normalized spacial score (nSPS) is 28.0. The van der Waals surface area contributed by atoms with Crippen LogP contribution in [-0.2, 0) is 4.74 Å². The highest BCUT2D eigenvalue weighted by atomic mass is 16.5. The molecule has 0 saturated carbocycles. The minimum atomic E-state index is -0.693. The highest BCUT2D eigenvalue weighted by Crippen LogP contribution is 2.18. The van der Waals surface area contributed by atoms with Crippen LogP contribution in [0.2, 0.25) is 0 Å². The van der Waals surface area contributed by atoms with E-state index in [-0.39, 0.29) is 18.1 Å². The van der Waals surface area contributed by atoms with Gasteiger partial charge in [0.1, 0.15) is 11.9 Å². The van der Waals surface area contributed by atoms with Gasteiger partial charge in [-0.2, -0.15) is 0 Å².